The molecule has 0 atom stereocenters. The summed E-state index contributed by atoms with van der Waals surface area (Å²) in [5.74, 6) is 1.74. The highest BCUT2D eigenvalue weighted by atomic mass is 32.1. The maximum absolute atomic E-state index is 12.8. The van der Waals surface area contributed by atoms with Gasteiger partial charge in [0, 0.05) is 36.4 Å². The Kier molecular flexibility index (Phi) is 5.65. The van der Waals surface area contributed by atoms with E-state index in [0.29, 0.717) is 13.1 Å². The number of methoxy groups -OCH3 is 1. The van der Waals surface area contributed by atoms with Gasteiger partial charge in [0.1, 0.15) is 17.1 Å². The van der Waals surface area contributed by atoms with Gasteiger partial charge in [-0.3, -0.25) is 4.79 Å². The van der Waals surface area contributed by atoms with E-state index in [9.17, 15) is 4.79 Å². The maximum atomic E-state index is 12.8. The molecule has 1 aromatic carbocycles. The van der Waals surface area contributed by atoms with Gasteiger partial charge in [-0.25, -0.2) is 0 Å². The summed E-state index contributed by atoms with van der Waals surface area (Å²) in [6.45, 7) is 7.31. The number of ether oxygens (including phenoxy) is 2. The molecule has 1 fully saturated rings. The molecule has 0 radical (unpaired) electrons. The Balaban J connectivity index is 1.79. The van der Waals surface area contributed by atoms with E-state index >= 15 is 0 Å². The average molecular weight is 413 g/mol. The molecule has 3 heterocycles. The number of amides is 1. The highest BCUT2D eigenvalue weighted by Crippen LogP contribution is 2.47. The van der Waals surface area contributed by atoms with Crippen LogP contribution in [0.4, 0.5) is 0 Å². The molecule has 2 aliphatic heterocycles. The van der Waals surface area contributed by atoms with Gasteiger partial charge in [0.15, 0.2) is 0 Å². The van der Waals surface area contributed by atoms with E-state index < -0.39 is 0 Å². The Morgan fingerprint density at radius 2 is 1.97 bits per heavy atom. The molecule has 0 unspecified atom stereocenters. The van der Waals surface area contributed by atoms with Gasteiger partial charge in [0.05, 0.1) is 17.6 Å². The molecule has 2 aromatic rings. The van der Waals surface area contributed by atoms with Crippen molar-refractivity contribution in [1.82, 2.24) is 10.2 Å². The van der Waals surface area contributed by atoms with Gasteiger partial charge in [-0.05, 0) is 57.3 Å². The van der Waals surface area contributed by atoms with Crippen LogP contribution in [0.3, 0.4) is 0 Å². The van der Waals surface area contributed by atoms with Crippen molar-refractivity contribution in [2.45, 2.75) is 32.3 Å². The minimum atomic E-state index is -0.313. The Morgan fingerprint density at radius 3 is 2.66 bits per heavy atom. The third-order valence-electron chi connectivity index (χ3n) is 5.78. The largest absolute Gasteiger partial charge is 0.496 e. The summed E-state index contributed by atoms with van der Waals surface area (Å²) in [7, 11) is 1.69. The Morgan fingerprint density at radius 1 is 1.21 bits per heavy atom. The number of benzene rings is 1. The molecular weight excluding hydrogens is 384 g/mol. The first-order valence-electron chi connectivity index (χ1n) is 10.3. The summed E-state index contributed by atoms with van der Waals surface area (Å²) in [6, 6.07) is 9.96. The summed E-state index contributed by atoms with van der Waals surface area (Å²) < 4.78 is 12.2. The highest BCUT2D eigenvalue weighted by Gasteiger charge is 2.38. The number of hydrogen-bond donors (Lipinski definition) is 1. The number of nitrogens with one attached hydrogen (secondary N) is 1. The van der Waals surface area contributed by atoms with Crippen LogP contribution in [0.5, 0.6) is 11.5 Å². The lowest BCUT2D eigenvalue weighted by Gasteiger charge is -2.40. The van der Waals surface area contributed by atoms with Gasteiger partial charge in [0.2, 0.25) is 0 Å². The molecule has 154 valence electrons. The topological polar surface area (TPSA) is 50.8 Å². The SMILES string of the molecule is CCN(CC)C(=O)c1ccc(C2=CC3(CCNCC3)Oc3cccc(OC)c32)s1. The van der Waals surface area contributed by atoms with Crippen LogP contribution >= 0.6 is 11.3 Å². The second kappa shape index (κ2) is 8.20. The van der Waals surface area contributed by atoms with Gasteiger partial charge in [0.25, 0.3) is 5.91 Å². The van der Waals surface area contributed by atoms with Gasteiger partial charge in [-0.15, -0.1) is 11.3 Å². The van der Waals surface area contributed by atoms with Gasteiger partial charge >= 0.3 is 0 Å². The van der Waals surface area contributed by atoms with Crippen molar-refractivity contribution < 1.29 is 14.3 Å². The zero-order chi connectivity index (χ0) is 20.4. The molecule has 5 nitrogen and oxygen atoms in total. The molecular formula is C23H28N2O3S. The van der Waals surface area contributed by atoms with Crippen LogP contribution in [0.25, 0.3) is 5.57 Å². The first-order valence-corrected chi connectivity index (χ1v) is 11.1. The highest BCUT2D eigenvalue weighted by molar-refractivity contribution is 7.15. The van der Waals surface area contributed by atoms with E-state index in [4.69, 9.17) is 9.47 Å². The Labute approximate surface area is 176 Å². The fourth-order valence-electron chi connectivity index (χ4n) is 4.17. The molecule has 0 saturated carbocycles. The molecule has 6 heteroatoms. The van der Waals surface area contributed by atoms with Crippen molar-refractivity contribution in [1.29, 1.82) is 0 Å². The molecule has 29 heavy (non-hydrogen) atoms. The van der Waals surface area contributed by atoms with Crippen LogP contribution in [0, 0.1) is 0 Å². The maximum Gasteiger partial charge on any atom is 0.263 e. The van der Waals surface area contributed by atoms with Crippen LogP contribution < -0.4 is 14.8 Å². The van der Waals surface area contributed by atoms with Crippen LogP contribution in [-0.2, 0) is 0 Å². The van der Waals surface area contributed by atoms with Crippen LogP contribution in [0.15, 0.2) is 36.4 Å². The monoisotopic (exact) mass is 412 g/mol. The zero-order valence-electron chi connectivity index (χ0n) is 17.3. The smallest absolute Gasteiger partial charge is 0.263 e. The van der Waals surface area contributed by atoms with Gasteiger partial charge < -0.3 is 19.7 Å². The van der Waals surface area contributed by atoms with Gasteiger partial charge in [-0.1, -0.05) is 6.07 Å². The lowest BCUT2D eigenvalue weighted by Crippen LogP contribution is -2.46. The number of piperidine rings is 1. The van der Waals surface area contributed by atoms with Crippen molar-refractivity contribution in [3.63, 3.8) is 0 Å². The number of carbonyl (C=O) groups excluding carboxylic acids is 1. The second-order valence-corrected chi connectivity index (χ2v) is 8.53. The third-order valence-corrected chi connectivity index (χ3v) is 6.89. The number of thiophene rings is 1. The van der Waals surface area contributed by atoms with Crippen molar-refractivity contribution in [2.75, 3.05) is 33.3 Å². The van der Waals surface area contributed by atoms with Crippen LogP contribution in [0.2, 0.25) is 0 Å². The molecule has 1 spiro atoms. The quantitative estimate of drug-likeness (QED) is 0.800. The normalized spacial score (nSPS) is 17.3. The molecule has 1 saturated heterocycles. The minimum Gasteiger partial charge on any atom is -0.496 e. The third kappa shape index (κ3) is 3.67. The standard InChI is InChI=1S/C23H28N2O3S/c1-4-25(5-2)22(26)20-10-9-19(29-20)16-15-23(11-13-24-14-12-23)28-18-8-6-7-17(27-3)21(16)18/h6-10,15,24H,4-5,11-14H2,1-3H3. The zero-order valence-corrected chi connectivity index (χ0v) is 18.1. The van der Waals surface area contributed by atoms with E-state index in [1.54, 1.807) is 18.4 Å². The van der Waals surface area contributed by atoms with Crippen molar-refractivity contribution >= 4 is 22.8 Å². The predicted molar refractivity (Wildman–Crippen MR) is 117 cm³/mol. The molecule has 2 aliphatic rings. The molecule has 1 N–H and O–H groups in total. The summed E-state index contributed by atoms with van der Waals surface area (Å²) in [4.78, 5) is 16.5. The summed E-state index contributed by atoms with van der Waals surface area (Å²) in [5.41, 5.74) is 1.77. The molecule has 1 amide bonds. The average Bonchev–Trinajstić information content (AvgIpc) is 3.24. The first-order chi connectivity index (χ1) is 14.1. The number of fused-ring (bicyclic) bond motifs is 1. The second-order valence-electron chi connectivity index (χ2n) is 7.45. The fraction of sp³-hybridized carbons (Fsp3) is 0.435. The predicted octanol–water partition coefficient (Wildman–Crippen LogP) is 4.19. The van der Waals surface area contributed by atoms with Crippen LogP contribution in [0.1, 0.15) is 46.8 Å². The van der Waals surface area contributed by atoms with Crippen LogP contribution in [-0.4, -0.2) is 49.7 Å². The molecule has 0 bridgehead atoms. The lowest BCUT2D eigenvalue weighted by molar-refractivity contribution is 0.0777. The van der Waals surface area contributed by atoms with E-state index in [-0.39, 0.29) is 11.5 Å². The van der Waals surface area contributed by atoms with E-state index in [0.717, 1.165) is 58.3 Å². The molecule has 1 aromatic heterocycles. The lowest BCUT2D eigenvalue weighted by atomic mass is 9.85. The van der Waals surface area contributed by atoms with E-state index in [2.05, 4.69) is 17.5 Å². The fourth-order valence-corrected chi connectivity index (χ4v) is 5.17. The van der Waals surface area contributed by atoms with Crippen molar-refractivity contribution in [3.05, 3.63) is 51.7 Å². The summed E-state index contributed by atoms with van der Waals surface area (Å²) in [5, 5.41) is 3.42. The van der Waals surface area contributed by atoms with E-state index in [1.165, 1.54) is 0 Å². The first kappa shape index (κ1) is 20.0. The molecule has 0 aliphatic carbocycles. The number of rotatable bonds is 5. The number of nitrogens with zero attached hydrogens (tertiary/aromatic N) is 1. The number of carbonyl (C=O) groups is 1. The summed E-state index contributed by atoms with van der Waals surface area (Å²) in [6.07, 6.45) is 4.10. The Hall–Kier alpha value is -2.31. The minimum absolute atomic E-state index is 0.0933. The molecule has 4 rings (SSSR count). The van der Waals surface area contributed by atoms with Crippen molar-refractivity contribution in [2.24, 2.45) is 0 Å². The van der Waals surface area contributed by atoms with E-state index in [1.807, 2.05) is 43.0 Å². The number of hydrogen-bond acceptors (Lipinski definition) is 5. The Bertz CT molecular complexity index is 924. The van der Waals surface area contributed by atoms with Crippen molar-refractivity contribution in [3.8, 4) is 11.5 Å². The summed E-state index contributed by atoms with van der Waals surface area (Å²) >= 11 is 1.55. The van der Waals surface area contributed by atoms with Gasteiger partial charge in [-0.2, -0.15) is 0 Å².